The number of rotatable bonds is 6. The number of nitrogens with one attached hydrogen (secondary N) is 1. The standard InChI is InChI=1S/C9H18N2O2/c1-8(12)4-5-9(13)10-6-7-11(2)3/h4-7H2,1-3H3,(H,10,13). The first kappa shape index (κ1) is 12.1. The van der Waals surface area contributed by atoms with E-state index in [2.05, 4.69) is 5.32 Å². The Hall–Kier alpha value is -0.900. The molecule has 76 valence electrons. The lowest BCUT2D eigenvalue weighted by molar-refractivity contribution is -0.124. The van der Waals surface area contributed by atoms with Crippen molar-refractivity contribution in [3.8, 4) is 0 Å². The highest BCUT2D eigenvalue weighted by molar-refractivity contribution is 5.83. The highest BCUT2D eigenvalue weighted by atomic mass is 16.2. The van der Waals surface area contributed by atoms with Crippen LogP contribution in [0.5, 0.6) is 0 Å². The summed E-state index contributed by atoms with van der Waals surface area (Å²) in [6, 6.07) is 0. The third kappa shape index (κ3) is 9.01. The third-order valence-electron chi connectivity index (χ3n) is 1.59. The molecule has 0 saturated carbocycles. The van der Waals surface area contributed by atoms with Crippen LogP contribution in [0.25, 0.3) is 0 Å². The molecule has 0 bridgehead atoms. The number of ketones is 1. The van der Waals surface area contributed by atoms with Gasteiger partial charge in [0.1, 0.15) is 5.78 Å². The number of hydrogen-bond donors (Lipinski definition) is 1. The molecule has 0 heterocycles. The molecule has 0 aliphatic carbocycles. The summed E-state index contributed by atoms with van der Waals surface area (Å²) < 4.78 is 0. The van der Waals surface area contributed by atoms with Crippen molar-refractivity contribution in [3.05, 3.63) is 0 Å². The minimum absolute atomic E-state index is 0.0444. The van der Waals surface area contributed by atoms with Crippen LogP contribution in [0.1, 0.15) is 19.8 Å². The van der Waals surface area contributed by atoms with Crippen molar-refractivity contribution >= 4 is 11.7 Å². The highest BCUT2D eigenvalue weighted by Crippen LogP contribution is 1.89. The molecule has 0 saturated heterocycles. The first-order valence-electron chi connectivity index (χ1n) is 4.43. The van der Waals surface area contributed by atoms with E-state index in [0.717, 1.165) is 6.54 Å². The number of carbonyl (C=O) groups is 2. The average molecular weight is 186 g/mol. The van der Waals surface area contributed by atoms with Gasteiger partial charge in [0.15, 0.2) is 0 Å². The van der Waals surface area contributed by atoms with Crippen molar-refractivity contribution in [2.45, 2.75) is 19.8 Å². The Morgan fingerprint density at radius 1 is 1.23 bits per heavy atom. The zero-order valence-corrected chi connectivity index (χ0v) is 8.59. The highest BCUT2D eigenvalue weighted by Gasteiger charge is 2.02. The summed E-state index contributed by atoms with van der Waals surface area (Å²) in [5.74, 6) is 0.0137. The summed E-state index contributed by atoms with van der Waals surface area (Å²) >= 11 is 0. The van der Waals surface area contributed by atoms with E-state index in [1.807, 2.05) is 19.0 Å². The van der Waals surface area contributed by atoms with Crippen LogP contribution in [0, 0.1) is 0 Å². The van der Waals surface area contributed by atoms with Crippen LogP contribution in [-0.4, -0.2) is 43.8 Å². The zero-order valence-electron chi connectivity index (χ0n) is 8.59. The summed E-state index contributed by atoms with van der Waals surface area (Å²) in [4.78, 5) is 23.6. The van der Waals surface area contributed by atoms with Gasteiger partial charge in [-0.3, -0.25) is 4.79 Å². The molecule has 0 aliphatic rings. The largest absolute Gasteiger partial charge is 0.355 e. The van der Waals surface area contributed by atoms with Gasteiger partial charge in [-0.15, -0.1) is 0 Å². The van der Waals surface area contributed by atoms with Crippen LogP contribution >= 0.6 is 0 Å². The monoisotopic (exact) mass is 186 g/mol. The molecule has 0 aliphatic heterocycles. The fraction of sp³-hybridized carbons (Fsp3) is 0.778. The number of likely N-dealkylation sites (N-methyl/N-ethyl adjacent to an activating group) is 1. The van der Waals surface area contributed by atoms with Crippen LogP contribution in [0.2, 0.25) is 0 Å². The normalized spacial score (nSPS) is 10.2. The maximum absolute atomic E-state index is 11.0. The van der Waals surface area contributed by atoms with Gasteiger partial charge in [0, 0.05) is 25.9 Å². The van der Waals surface area contributed by atoms with Gasteiger partial charge in [-0.05, 0) is 21.0 Å². The minimum Gasteiger partial charge on any atom is -0.355 e. The van der Waals surface area contributed by atoms with Crippen molar-refractivity contribution in [3.63, 3.8) is 0 Å². The minimum atomic E-state index is -0.0444. The van der Waals surface area contributed by atoms with Gasteiger partial charge in [-0.2, -0.15) is 0 Å². The second-order valence-corrected chi connectivity index (χ2v) is 3.36. The van der Waals surface area contributed by atoms with E-state index in [-0.39, 0.29) is 11.7 Å². The molecule has 0 rings (SSSR count). The van der Waals surface area contributed by atoms with Crippen molar-refractivity contribution < 1.29 is 9.59 Å². The van der Waals surface area contributed by atoms with Gasteiger partial charge in [-0.1, -0.05) is 0 Å². The van der Waals surface area contributed by atoms with Crippen molar-refractivity contribution in [2.24, 2.45) is 0 Å². The topological polar surface area (TPSA) is 49.4 Å². The van der Waals surface area contributed by atoms with Crippen molar-refractivity contribution in [1.82, 2.24) is 10.2 Å². The van der Waals surface area contributed by atoms with Crippen LogP contribution in [0.15, 0.2) is 0 Å². The molecule has 4 nitrogen and oxygen atoms in total. The van der Waals surface area contributed by atoms with Crippen LogP contribution < -0.4 is 5.32 Å². The molecule has 0 radical (unpaired) electrons. The average Bonchev–Trinajstić information content (AvgIpc) is 2.00. The quantitative estimate of drug-likeness (QED) is 0.637. The molecule has 0 fully saturated rings. The lowest BCUT2D eigenvalue weighted by atomic mass is 10.2. The number of Topliss-reactive ketones (excluding diaryl/α,β-unsaturated/α-hetero) is 1. The van der Waals surface area contributed by atoms with E-state index >= 15 is 0 Å². The molecule has 0 atom stereocenters. The molecule has 1 N–H and O–H groups in total. The Morgan fingerprint density at radius 2 is 1.85 bits per heavy atom. The molecule has 0 spiro atoms. The molecular formula is C9H18N2O2. The SMILES string of the molecule is CC(=O)CCC(=O)NCCN(C)C. The number of hydrogen-bond acceptors (Lipinski definition) is 3. The number of amides is 1. The lowest BCUT2D eigenvalue weighted by Gasteiger charge is -2.09. The fourth-order valence-corrected chi connectivity index (χ4v) is 0.797. The number of nitrogens with zero attached hydrogens (tertiary/aromatic N) is 1. The Morgan fingerprint density at radius 3 is 2.31 bits per heavy atom. The van der Waals surface area contributed by atoms with E-state index in [1.54, 1.807) is 0 Å². The van der Waals surface area contributed by atoms with E-state index in [4.69, 9.17) is 0 Å². The lowest BCUT2D eigenvalue weighted by Crippen LogP contribution is -2.31. The summed E-state index contributed by atoms with van der Waals surface area (Å²) in [7, 11) is 3.89. The fourth-order valence-electron chi connectivity index (χ4n) is 0.797. The smallest absolute Gasteiger partial charge is 0.220 e. The second kappa shape index (κ2) is 6.60. The molecule has 4 heteroatoms. The van der Waals surface area contributed by atoms with E-state index < -0.39 is 0 Å². The van der Waals surface area contributed by atoms with Gasteiger partial charge in [0.2, 0.25) is 5.91 Å². The van der Waals surface area contributed by atoms with Crippen LogP contribution in [0.4, 0.5) is 0 Å². The van der Waals surface area contributed by atoms with Gasteiger partial charge < -0.3 is 15.0 Å². The molecule has 1 amide bonds. The van der Waals surface area contributed by atoms with E-state index in [0.29, 0.717) is 19.4 Å². The molecular weight excluding hydrogens is 168 g/mol. The maximum atomic E-state index is 11.0. The maximum Gasteiger partial charge on any atom is 0.220 e. The van der Waals surface area contributed by atoms with E-state index in [9.17, 15) is 9.59 Å². The molecule has 0 unspecified atom stereocenters. The summed E-state index contributed by atoms with van der Waals surface area (Å²) in [6.07, 6.45) is 0.649. The van der Waals surface area contributed by atoms with Gasteiger partial charge in [-0.25, -0.2) is 0 Å². The predicted molar refractivity (Wildman–Crippen MR) is 51.5 cm³/mol. The molecule has 0 aromatic rings. The van der Waals surface area contributed by atoms with Gasteiger partial charge >= 0.3 is 0 Å². The number of carbonyl (C=O) groups excluding carboxylic acids is 2. The molecule has 0 aromatic heterocycles. The van der Waals surface area contributed by atoms with Crippen molar-refractivity contribution in [1.29, 1.82) is 0 Å². The first-order chi connectivity index (χ1) is 6.02. The summed E-state index contributed by atoms with van der Waals surface area (Å²) in [5, 5.41) is 2.74. The Bertz CT molecular complexity index is 178. The summed E-state index contributed by atoms with van der Waals surface area (Å²) in [6.45, 7) is 2.96. The van der Waals surface area contributed by atoms with E-state index in [1.165, 1.54) is 6.92 Å². The Kier molecular flexibility index (Phi) is 6.14. The zero-order chi connectivity index (χ0) is 10.3. The first-order valence-corrected chi connectivity index (χ1v) is 4.43. The van der Waals surface area contributed by atoms with Gasteiger partial charge in [0.25, 0.3) is 0 Å². The predicted octanol–water partition coefficient (Wildman–Crippen LogP) is 0.0334. The third-order valence-corrected chi connectivity index (χ3v) is 1.59. The Labute approximate surface area is 79.3 Å². The van der Waals surface area contributed by atoms with Crippen LogP contribution in [0.3, 0.4) is 0 Å². The van der Waals surface area contributed by atoms with Gasteiger partial charge in [0.05, 0.1) is 0 Å². The molecule has 0 aromatic carbocycles. The second-order valence-electron chi connectivity index (χ2n) is 3.36. The molecule has 13 heavy (non-hydrogen) atoms. The van der Waals surface area contributed by atoms with Crippen LogP contribution in [-0.2, 0) is 9.59 Å². The van der Waals surface area contributed by atoms with Crippen molar-refractivity contribution in [2.75, 3.05) is 27.2 Å². The Balaban J connectivity index is 3.36. The summed E-state index contributed by atoms with van der Waals surface area (Å²) in [5.41, 5.74) is 0.